The minimum absolute atomic E-state index is 0.114. The summed E-state index contributed by atoms with van der Waals surface area (Å²) in [6.07, 6.45) is 1.40. The van der Waals surface area contributed by atoms with Crippen LogP contribution in [0.15, 0.2) is 0 Å². The molecule has 2 rings (SSSR count). The Kier molecular flexibility index (Phi) is 2.89. The van der Waals surface area contributed by atoms with E-state index in [4.69, 9.17) is 4.74 Å². The zero-order valence-corrected chi connectivity index (χ0v) is 10.7. The maximum atomic E-state index is 12.2. The fourth-order valence-electron chi connectivity index (χ4n) is 2.16. The molecule has 2 aliphatic heterocycles. The number of ether oxygens (including phenoxy) is 1. The molecular formula is C12H20N2O3. The lowest BCUT2D eigenvalue weighted by Crippen LogP contribution is -2.47. The zero-order valence-electron chi connectivity index (χ0n) is 10.7. The van der Waals surface area contributed by atoms with Gasteiger partial charge in [0.15, 0.2) is 0 Å². The molecular weight excluding hydrogens is 220 g/mol. The van der Waals surface area contributed by atoms with Crippen molar-refractivity contribution < 1.29 is 14.3 Å². The molecule has 17 heavy (non-hydrogen) atoms. The summed E-state index contributed by atoms with van der Waals surface area (Å²) in [5, 5.41) is 2.78. The van der Waals surface area contributed by atoms with Crippen LogP contribution in [-0.2, 0) is 9.53 Å². The third kappa shape index (κ3) is 2.29. The summed E-state index contributed by atoms with van der Waals surface area (Å²) in [6, 6.07) is -0.273. The predicted molar refractivity (Wildman–Crippen MR) is 62.5 cm³/mol. The van der Waals surface area contributed by atoms with Crippen LogP contribution in [0.3, 0.4) is 0 Å². The maximum Gasteiger partial charge on any atom is 0.325 e. The second-order valence-electron chi connectivity index (χ2n) is 6.08. The second-order valence-corrected chi connectivity index (χ2v) is 6.08. The molecule has 0 aliphatic carbocycles. The molecule has 5 heteroatoms. The van der Waals surface area contributed by atoms with Crippen LogP contribution < -0.4 is 5.32 Å². The van der Waals surface area contributed by atoms with Crippen molar-refractivity contribution in [1.29, 1.82) is 0 Å². The Morgan fingerprint density at radius 2 is 2.12 bits per heavy atom. The molecule has 1 N–H and O–H groups in total. The van der Waals surface area contributed by atoms with Gasteiger partial charge in [-0.25, -0.2) is 4.79 Å². The lowest BCUT2D eigenvalue weighted by atomic mass is 9.92. The Hall–Kier alpha value is -1.10. The first-order valence-corrected chi connectivity index (χ1v) is 6.06. The number of nitrogens with zero attached hydrogens (tertiary/aromatic N) is 1. The smallest absolute Gasteiger partial charge is 0.325 e. The van der Waals surface area contributed by atoms with E-state index in [0.29, 0.717) is 26.2 Å². The monoisotopic (exact) mass is 240 g/mol. The summed E-state index contributed by atoms with van der Waals surface area (Å²) in [4.78, 5) is 25.4. The van der Waals surface area contributed by atoms with Crippen LogP contribution in [0.4, 0.5) is 4.79 Å². The van der Waals surface area contributed by atoms with E-state index < -0.39 is 5.54 Å². The summed E-state index contributed by atoms with van der Waals surface area (Å²) in [5.41, 5.74) is -0.655. The SMILES string of the molecule is CC(C)(C)CCN1C(=O)N[C@]2(CCOC2)C1=O. The maximum absolute atomic E-state index is 12.2. The number of urea groups is 1. The third-order valence-electron chi connectivity index (χ3n) is 3.35. The molecule has 0 aromatic rings. The highest BCUT2D eigenvalue weighted by Crippen LogP contribution is 2.28. The predicted octanol–water partition coefficient (Wildman–Crippen LogP) is 1.13. The van der Waals surface area contributed by atoms with Gasteiger partial charge < -0.3 is 10.1 Å². The van der Waals surface area contributed by atoms with E-state index in [0.717, 1.165) is 6.42 Å². The van der Waals surface area contributed by atoms with E-state index in [1.807, 2.05) is 0 Å². The van der Waals surface area contributed by atoms with Gasteiger partial charge in [-0.15, -0.1) is 0 Å². The molecule has 0 radical (unpaired) electrons. The highest BCUT2D eigenvalue weighted by molar-refractivity contribution is 6.07. The fourth-order valence-corrected chi connectivity index (χ4v) is 2.16. The molecule has 0 unspecified atom stereocenters. The Morgan fingerprint density at radius 1 is 1.41 bits per heavy atom. The first-order chi connectivity index (χ1) is 7.84. The number of rotatable bonds is 2. The van der Waals surface area contributed by atoms with Crippen molar-refractivity contribution in [3.8, 4) is 0 Å². The van der Waals surface area contributed by atoms with Gasteiger partial charge in [0, 0.05) is 19.6 Å². The standard InChI is InChI=1S/C12H20N2O3/c1-11(2,3)4-6-14-9(15)12(13-10(14)16)5-7-17-8-12/h4-8H2,1-3H3,(H,13,16)/t12-/m0/s1. The van der Waals surface area contributed by atoms with Crippen molar-refractivity contribution in [3.05, 3.63) is 0 Å². The van der Waals surface area contributed by atoms with Crippen molar-refractivity contribution in [2.45, 2.75) is 39.2 Å². The first-order valence-electron chi connectivity index (χ1n) is 6.06. The van der Waals surface area contributed by atoms with Crippen molar-refractivity contribution in [2.75, 3.05) is 19.8 Å². The van der Waals surface area contributed by atoms with E-state index in [1.165, 1.54) is 4.90 Å². The number of hydrogen-bond acceptors (Lipinski definition) is 3. The largest absolute Gasteiger partial charge is 0.378 e. The van der Waals surface area contributed by atoms with Crippen molar-refractivity contribution >= 4 is 11.9 Å². The Labute approximate surface area is 101 Å². The van der Waals surface area contributed by atoms with Crippen LogP contribution in [0.25, 0.3) is 0 Å². The van der Waals surface area contributed by atoms with E-state index in [1.54, 1.807) is 0 Å². The van der Waals surface area contributed by atoms with Gasteiger partial charge >= 0.3 is 6.03 Å². The van der Waals surface area contributed by atoms with Gasteiger partial charge in [0.1, 0.15) is 5.54 Å². The number of imide groups is 1. The molecule has 3 amide bonds. The molecule has 0 aromatic heterocycles. The number of amides is 3. The van der Waals surface area contributed by atoms with Crippen LogP contribution in [0.1, 0.15) is 33.6 Å². The van der Waals surface area contributed by atoms with Crippen molar-refractivity contribution in [3.63, 3.8) is 0 Å². The number of nitrogens with one attached hydrogen (secondary N) is 1. The molecule has 0 saturated carbocycles. The molecule has 96 valence electrons. The average molecular weight is 240 g/mol. The van der Waals surface area contributed by atoms with Gasteiger partial charge in [-0.1, -0.05) is 20.8 Å². The van der Waals surface area contributed by atoms with E-state index in [2.05, 4.69) is 26.1 Å². The molecule has 2 aliphatic rings. The lowest BCUT2D eigenvalue weighted by molar-refractivity contribution is -0.131. The molecule has 1 spiro atoms. The highest BCUT2D eigenvalue weighted by atomic mass is 16.5. The highest BCUT2D eigenvalue weighted by Gasteiger charge is 2.53. The number of hydrogen-bond donors (Lipinski definition) is 1. The quantitative estimate of drug-likeness (QED) is 0.736. The number of carbonyl (C=O) groups excluding carboxylic acids is 2. The minimum Gasteiger partial charge on any atom is -0.378 e. The van der Waals surface area contributed by atoms with E-state index in [9.17, 15) is 9.59 Å². The molecule has 0 aromatic carbocycles. The van der Waals surface area contributed by atoms with Gasteiger partial charge in [0.2, 0.25) is 0 Å². The summed E-state index contributed by atoms with van der Waals surface area (Å²) in [7, 11) is 0. The van der Waals surface area contributed by atoms with E-state index >= 15 is 0 Å². The topological polar surface area (TPSA) is 58.6 Å². The van der Waals surface area contributed by atoms with Crippen LogP contribution in [-0.4, -0.2) is 42.1 Å². The van der Waals surface area contributed by atoms with Crippen molar-refractivity contribution in [2.24, 2.45) is 5.41 Å². The fraction of sp³-hybridized carbons (Fsp3) is 0.833. The van der Waals surface area contributed by atoms with Crippen LogP contribution in [0.2, 0.25) is 0 Å². The number of carbonyl (C=O) groups is 2. The van der Waals surface area contributed by atoms with Gasteiger partial charge in [0.05, 0.1) is 6.61 Å². The van der Waals surface area contributed by atoms with E-state index in [-0.39, 0.29) is 17.4 Å². The van der Waals surface area contributed by atoms with Gasteiger partial charge in [-0.05, 0) is 11.8 Å². The van der Waals surface area contributed by atoms with Gasteiger partial charge in [0.25, 0.3) is 5.91 Å². The Morgan fingerprint density at radius 3 is 2.65 bits per heavy atom. The zero-order chi connectivity index (χ0) is 12.7. The van der Waals surface area contributed by atoms with Gasteiger partial charge in [-0.3, -0.25) is 9.69 Å². The molecule has 2 heterocycles. The molecule has 1 atom stereocenters. The summed E-state index contributed by atoms with van der Waals surface area (Å²) >= 11 is 0. The Balaban J connectivity index is 2.04. The first kappa shape index (κ1) is 12.4. The minimum atomic E-state index is -0.769. The van der Waals surface area contributed by atoms with Gasteiger partial charge in [-0.2, -0.15) is 0 Å². The average Bonchev–Trinajstić information content (AvgIpc) is 2.73. The molecule has 5 nitrogen and oxygen atoms in total. The summed E-state index contributed by atoms with van der Waals surface area (Å²) in [6.45, 7) is 7.62. The van der Waals surface area contributed by atoms with Crippen LogP contribution in [0, 0.1) is 5.41 Å². The second kappa shape index (κ2) is 3.98. The molecule has 2 saturated heterocycles. The molecule has 0 bridgehead atoms. The Bertz CT molecular complexity index is 340. The van der Waals surface area contributed by atoms with Crippen LogP contribution >= 0.6 is 0 Å². The summed E-state index contributed by atoms with van der Waals surface area (Å²) < 4.78 is 5.23. The third-order valence-corrected chi connectivity index (χ3v) is 3.35. The van der Waals surface area contributed by atoms with Crippen LogP contribution in [0.5, 0.6) is 0 Å². The molecule has 2 fully saturated rings. The lowest BCUT2D eigenvalue weighted by Gasteiger charge is -2.22. The summed E-state index contributed by atoms with van der Waals surface area (Å²) in [5.74, 6) is -0.121. The van der Waals surface area contributed by atoms with Crippen molar-refractivity contribution in [1.82, 2.24) is 10.2 Å². The normalized spacial score (nSPS) is 29.2.